The highest BCUT2D eigenvalue weighted by atomic mass is 16.5. The molecule has 0 atom stereocenters. The maximum absolute atomic E-state index is 13.0. The monoisotopic (exact) mass is 474 g/mol. The molecule has 4 rings (SSSR count). The number of methoxy groups -OCH3 is 1. The van der Waals surface area contributed by atoms with Crippen LogP contribution in [0.1, 0.15) is 32.1 Å². The van der Waals surface area contributed by atoms with Gasteiger partial charge in [0.25, 0.3) is 11.8 Å². The predicted molar refractivity (Wildman–Crippen MR) is 131 cm³/mol. The maximum atomic E-state index is 13.0. The Hall–Kier alpha value is -4.60. The maximum Gasteiger partial charge on any atom is 0.276 e. The van der Waals surface area contributed by atoms with Gasteiger partial charge in [0.2, 0.25) is 0 Å². The highest BCUT2D eigenvalue weighted by Gasteiger charge is 2.21. The van der Waals surface area contributed by atoms with E-state index in [9.17, 15) is 9.59 Å². The molecule has 2 amide bonds. The third-order valence-corrected chi connectivity index (χ3v) is 5.54. The SMILES string of the molecule is COc1ccccc1OCc1cccc(C(=O)Nc2cnn(C)c2C(=O)Nc2cnn(C)c2C)c1. The van der Waals surface area contributed by atoms with E-state index in [1.54, 1.807) is 50.3 Å². The second-order valence-corrected chi connectivity index (χ2v) is 7.85. The van der Waals surface area contributed by atoms with E-state index in [-0.39, 0.29) is 18.2 Å². The first kappa shape index (κ1) is 23.6. The minimum atomic E-state index is -0.407. The van der Waals surface area contributed by atoms with E-state index >= 15 is 0 Å². The number of anilines is 2. The Morgan fingerprint density at radius 2 is 1.57 bits per heavy atom. The van der Waals surface area contributed by atoms with Crippen LogP contribution in [0, 0.1) is 6.92 Å². The first-order valence-corrected chi connectivity index (χ1v) is 10.9. The molecule has 180 valence electrons. The average Bonchev–Trinajstić information content (AvgIpc) is 3.39. The second-order valence-electron chi connectivity index (χ2n) is 7.85. The Morgan fingerprint density at radius 3 is 2.29 bits per heavy atom. The molecule has 2 aromatic heterocycles. The molecule has 2 aromatic carbocycles. The number of para-hydroxylation sites is 2. The van der Waals surface area contributed by atoms with Crippen molar-refractivity contribution in [1.29, 1.82) is 0 Å². The van der Waals surface area contributed by atoms with Crippen molar-refractivity contribution in [2.75, 3.05) is 17.7 Å². The molecule has 10 nitrogen and oxygen atoms in total. The van der Waals surface area contributed by atoms with E-state index in [4.69, 9.17) is 9.47 Å². The molecule has 0 unspecified atom stereocenters. The number of amides is 2. The van der Waals surface area contributed by atoms with Gasteiger partial charge in [-0.25, -0.2) is 0 Å². The Kier molecular flexibility index (Phi) is 6.81. The van der Waals surface area contributed by atoms with Gasteiger partial charge in [0.15, 0.2) is 11.5 Å². The number of benzene rings is 2. The number of hydrogen-bond acceptors (Lipinski definition) is 6. The number of aryl methyl sites for hydroxylation is 2. The van der Waals surface area contributed by atoms with Crippen LogP contribution in [0.5, 0.6) is 11.5 Å². The van der Waals surface area contributed by atoms with Gasteiger partial charge in [0.1, 0.15) is 12.3 Å². The van der Waals surface area contributed by atoms with Gasteiger partial charge in [-0.1, -0.05) is 24.3 Å². The zero-order valence-electron chi connectivity index (χ0n) is 19.9. The summed E-state index contributed by atoms with van der Waals surface area (Å²) in [6.45, 7) is 2.10. The lowest BCUT2D eigenvalue weighted by molar-refractivity contribution is 0.101. The van der Waals surface area contributed by atoms with Crippen LogP contribution >= 0.6 is 0 Å². The van der Waals surface area contributed by atoms with Crippen molar-refractivity contribution in [3.63, 3.8) is 0 Å². The minimum Gasteiger partial charge on any atom is -0.493 e. The summed E-state index contributed by atoms with van der Waals surface area (Å²) in [7, 11) is 5.00. The molecule has 10 heteroatoms. The van der Waals surface area contributed by atoms with Gasteiger partial charge in [-0.15, -0.1) is 0 Å². The number of carbonyl (C=O) groups is 2. The summed E-state index contributed by atoms with van der Waals surface area (Å²) in [5.74, 6) is 0.462. The standard InChI is InChI=1S/C25H26N6O4/c1-16-19(13-26-30(16)2)28-25(33)23-20(14-27-31(23)3)29-24(32)18-9-7-8-17(12-18)15-35-22-11-6-5-10-21(22)34-4/h5-14H,15H2,1-4H3,(H,28,33)(H,29,32). The van der Waals surface area contributed by atoms with E-state index < -0.39 is 5.91 Å². The Labute approximate surface area is 202 Å². The zero-order chi connectivity index (χ0) is 24.9. The van der Waals surface area contributed by atoms with E-state index in [2.05, 4.69) is 20.8 Å². The van der Waals surface area contributed by atoms with Crippen LogP contribution in [0.25, 0.3) is 0 Å². The lowest BCUT2D eigenvalue weighted by atomic mass is 10.1. The van der Waals surface area contributed by atoms with Crippen LogP contribution in [0.2, 0.25) is 0 Å². The van der Waals surface area contributed by atoms with E-state index in [0.717, 1.165) is 11.3 Å². The smallest absolute Gasteiger partial charge is 0.276 e. The van der Waals surface area contributed by atoms with Crippen molar-refractivity contribution in [2.24, 2.45) is 14.1 Å². The Bertz CT molecular complexity index is 1370. The molecular weight excluding hydrogens is 448 g/mol. The molecular formula is C25H26N6O4. The van der Waals surface area contributed by atoms with Crippen molar-refractivity contribution < 1.29 is 19.1 Å². The summed E-state index contributed by atoms with van der Waals surface area (Å²) in [5, 5.41) is 13.9. The van der Waals surface area contributed by atoms with Crippen molar-refractivity contribution in [1.82, 2.24) is 19.6 Å². The fourth-order valence-electron chi connectivity index (χ4n) is 3.50. The normalized spacial score (nSPS) is 10.6. The van der Waals surface area contributed by atoms with Gasteiger partial charge in [-0.3, -0.25) is 19.0 Å². The second kappa shape index (κ2) is 10.1. The number of nitrogens with zero attached hydrogens (tertiary/aromatic N) is 4. The summed E-state index contributed by atoms with van der Waals surface area (Å²) < 4.78 is 14.2. The molecule has 0 radical (unpaired) electrons. The van der Waals surface area contributed by atoms with Crippen LogP contribution < -0.4 is 20.1 Å². The van der Waals surface area contributed by atoms with Crippen molar-refractivity contribution in [3.05, 3.63) is 83.4 Å². The summed E-state index contributed by atoms with van der Waals surface area (Å²) in [6, 6.07) is 14.4. The molecule has 0 spiro atoms. The molecule has 4 aromatic rings. The van der Waals surface area contributed by atoms with Crippen LogP contribution in [0.4, 0.5) is 11.4 Å². The van der Waals surface area contributed by atoms with Gasteiger partial charge in [-0.05, 0) is 36.8 Å². The highest BCUT2D eigenvalue weighted by molar-refractivity contribution is 6.11. The van der Waals surface area contributed by atoms with Crippen LogP contribution in [0.15, 0.2) is 60.9 Å². The van der Waals surface area contributed by atoms with Crippen molar-refractivity contribution in [2.45, 2.75) is 13.5 Å². The van der Waals surface area contributed by atoms with Gasteiger partial charge >= 0.3 is 0 Å². The zero-order valence-corrected chi connectivity index (χ0v) is 19.9. The molecule has 35 heavy (non-hydrogen) atoms. The summed E-state index contributed by atoms with van der Waals surface area (Å²) in [4.78, 5) is 25.9. The first-order valence-electron chi connectivity index (χ1n) is 10.9. The third kappa shape index (κ3) is 5.16. The number of carbonyl (C=O) groups excluding carboxylic acids is 2. The molecule has 0 saturated carbocycles. The quantitative estimate of drug-likeness (QED) is 0.404. The molecule has 2 N–H and O–H groups in total. The van der Waals surface area contributed by atoms with Gasteiger partial charge < -0.3 is 20.1 Å². The van der Waals surface area contributed by atoms with Crippen LogP contribution in [-0.4, -0.2) is 38.5 Å². The summed E-state index contributed by atoms with van der Waals surface area (Å²) in [6.07, 6.45) is 3.01. The van der Waals surface area contributed by atoms with Crippen molar-refractivity contribution in [3.8, 4) is 11.5 Å². The number of aromatic nitrogens is 4. The lowest BCUT2D eigenvalue weighted by Gasteiger charge is -2.11. The largest absolute Gasteiger partial charge is 0.493 e. The van der Waals surface area contributed by atoms with Crippen LogP contribution in [0.3, 0.4) is 0 Å². The number of ether oxygens (including phenoxy) is 2. The highest BCUT2D eigenvalue weighted by Crippen LogP contribution is 2.27. The summed E-state index contributed by atoms with van der Waals surface area (Å²) >= 11 is 0. The van der Waals surface area contributed by atoms with E-state index in [1.807, 2.05) is 37.3 Å². The topological polar surface area (TPSA) is 112 Å². The van der Waals surface area contributed by atoms with Gasteiger partial charge in [0.05, 0.1) is 36.6 Å². The molecule has 0 saturated heterocycles. The van der Waals surface area contributed by atoms with Crippen LogP contribution in [-0.2, 0) is 20.7 Å². The molecule has 0 aliphatic heterocycles. The van der Waals surface area contributed by atoms with E-state index in [0.29, 0.717) is 28.4 Å². The Balaban J connectivity index is 1.47. The third-order valence-electron chi connectivity index (χ3n) is 5.54. The fraction of sp³-hybridized carbons (Fsp3) is 0.200. The number of hydrogen-bond donors (Lipinski definition) is 2. The number of nitrogens with one attached hydrogen (secondary N) is 2. The van der Waals surface area contributed by atoms with Gasteiger partial charge in [0, 0.05) is 19.7 Å². The van der Waals surface area contributed by atoms with Gasteiger partial charge in [-0.2, -0.15) is 10.2 Å². The molecule has 0 bridgehead atoms. The molecule has 0 aliphatic carbocycles. The molecule has 0 aliphatic rings. The fourth-order valence-corrected chi connectivity index (χ4v) is 3.50. The Morgan fingerprint density at radius 1 is 0.886 bits per heavy atom. The number of rotatable bonds is 8. The summed E-state index contributed by atoms with van der Waals surface area (Å²) in [5.41, 5.74) is 3.13. The molecule has 0 fully saturated rings. The molecule has 2 heterocycles. The van der Waals surface area contributed by atoms with E-state index in [1.165, 1.54) is 10.9 Å². The first-order chi connectivity index (χ1) is 16.9. The average molecular weight is 475 g/mol. The predicted octanol–water partition coefficient (Wildman–Crippen LogP) is 3.55. The lowest BCUT2D eigenvalue weighted by Crippen LogP contribution is -2.20. The minimum absolute atomic E-state index is 0.220. The van der Waals surface area contributed by atoms with Crippen molar-refractivity contribution >= 4 is 23.2 Å².